The van der Waals surface area contributed by atoms with Gasteiger partial charge in [0.1, 0.15) is 11.5 Å². The zero-order valence-corrected chi connectivity index (χ0v) is 9.97. The van der Waals surface area contributed by atoms with Gasteiger partial charge in [0.15, 0.2) is 0 Å². The molecule has 0 saturated heterocycles. The Kier molecular flexibility index (Phi) is 3.33. The van der Waals surface area contributed by atoms with Gasteiger partial charge in [0.2, 0.25) is 5.13 Å². The highest BCUT2D eigenvalue weighted by atomic mass is 35.5. The molecule has 1 amide bonds. The van der Waals surface area contributed by atoms with E-state index in [0.717, 1.165) is 11.5 Å². The van der Waals surface area contributed by atoms with Crippen LogP contribution in [0.2, 0.25) is 10.2 Å². The average Bonchev–Trinajstić information content (AvgIpc) is 2.70. The van der Waals surface area contributed by atoms with Crippen molar-refractivity contribution in [3.8, 4) is 0 Å². The van der Waals surface area contributed by atoms with E-state index in [1.165, 1.54) is 18.6 Å². The second-order valence-corrected chi connectivity index (χ2v) is 4.26. The van der Waals surface area contributed by atoms with E-state index in [9.17, 15) is 4.79 Å². The van der Waals surface area contributed by atoms with Gasteiger partial charge in [0, 0.05) is 17.7 Å². The van der Waals surface area contributed by atoms with Crippen molar-refractivity contribution in [2.75, 3.05) is 5.32 Å². The molecule has 0 spiro atoms. The van der Waals surface area contributed by atoms with Crippen LogP contribution in [0.15, 0.2) is 18.6 Å². The predicted octanol–water partition coefficient (Wildman–Crippen LogP) is 2.49. The van der Waals surface area contributed by atoms with E-state index in [-0.39, 0.29) is 15.7 Å². The summed E-state index contributed by atoms with van der Waals surface area (Å²) in [5.74, 6) is -0.397. The molecule has 0 aliphatic rings. The predicted molar refractivity (Wildman–Crippen MR) is 62.1 cm³/mol. The number of rotatable bonds is 2. The molecule has 5 nitrogen and oxygen atoms in total. The van der Waals surface area contributed by atoms with E-state index >= 15 is 0 Å². The lowest BCUT2D eigenvalue weighted by Gasteiger charge is -2.02. The molecule has 1 N–H and O–H groups in total. The van der Waals surface area contributed by atoms with Crippen molar-refractivity contribution in [3.63, 3.8) is 0 Å². The molecule has 2 heterocycles. The second-order valence-electron chi connectivity index (χ2n) is 2.69. The number of halogens is 2. The molecule has 0 unspecified atom stereocenters. The molecule has 0 bridgehead atoms. The van der Waals surface area contributed by atoms with E-state index in [4.69, 9.17) is 23.2 Å². The van der Waals surface area contributed by atoms with Crippen molar-refractivity contribution in [1.82, 2.24) is 14.3 Å². The monoisotopic (exact) mass is 274 g/mol. The number of nitrogens with one attached hydrogen (secondary N) is 1. The molecule has 82 valence electrons. The number of hydrogen-bond acceptors (Lipinski definition) is 5. The Hall–Kier alpha value is -1.24. The van der Waals surface area contributed by atoms with E-state index in [2.05, 4.69) is 19.7 Å². The zero-order valence-electron chi connectivity index (χ0n) is 7.65. The third-order valence-corrected chi connectivity index (χ3v) is 2.75. The molecular formula is C8H4Cl2N4OS. The Balaban J connectivity index is 2.21. The topological polar surface area (TPSA) is 67.8 Å². The van der Waals surface area contributed by atoms with Crippen LogP contribution in [0.3, 0.4) is 0 Å². The van der Waals surface area contributed by atoms with Gasteiger partial charge in [-0.2, -0.15) is 4.37 Å². The molecule has 0 saturated carbocycles. The summed E-state index contributed by atoms with van der Waals surface area (Å²) >= 11 is 12.5. The van der Waals surface area contributed by atoms with Gasteiger partial charge in [-0.3, -0.25) is 10.1 Å². The van der Waals surface area contributed by atoms with E-state index in [1.807, 2.05) is 0 Å². The lowest BCUT2D eigenvalue weighted by atomic mass is 10.3. The van der Waals surface area contributed by atoms with Crippen molar-refractivity contribution < 1.29 is 4.79 Å². The van der Waals surface area contributed by atoms with Crippen LogP contribution in [0, 0.1) is 0 Å². The molecule has 8 heteroatoms. The number of pyridine rings is 1. The van der Waals surface area contributed by atoms with E-state index in [0.29, 0.717) is 5.13 Å². The van der Waals surface area contributed by atoms with E-state index in [1.54, 1.807) is 0 Å². The number of carbonyl (C=O) groups is 1. The molecule has 0 fully saturated rings. The summed E-state index contributed by atoms with van der Waals surface area (Å²) < 4.78 is 3.75. The molecule has 0 aliphatic carbocycles. The summed E-state index contributed by atoms with van der Waals surface area (Å²) in [6, 6.07) is 1.40. The third kappa shape index (κ3) is 2.46. The normalized spacial score (nSPS) is 10.1. The fourth-order valence-electron chi connectivity index (χ4n) is 0.967. The summed E-state index contributed by atoms with van der Waals surface area (Å²) in [4.78, 5) is 19.3. The van der Waals surface area contributed by atoms with Crippen LogP contribution >= 0.6 is 34.7 Å². The Labute approximate surface area is 105 Å². The van der Waals surface area contributed by atoms with Crippen molar-refractivity contribution in [2.45, 2.75) is 0 Å². The highest BCUT2D eigenvalue weighted by molar-refractivity contribution is 7.09. The van der Waals surface area contributed by atoms with Crippen LogP contribution in [0.4, 0.5) is 5.13 Å². The fourth-order valence-corrected chi connectivity index (χ4v) is 1.85. The van der Waals surface area contributed by atoms with Crippen LogP contribution in [0.5, 0.6) is 0 Å². The minimum absolute atomic E-state index is 0.234. The largest absolute Gasteiger partial charge is 0.297 e. The summed E-state index contributed by atoms with van der Waals surface area (Å²) in [6.07, 6.45) is 2.66. The van der Waals surface area contributed by atoms with Gasteiger partial charge in [-0.15, -0.1) is 0 Å². The molecular weight excluding hydrogens is 271 g/mol. The maximum Gasteiger partial charge on any atom is 0.260 e. The Morgan fingerprint density at radius 3 is 2.81 bits per heavy atom. The number of aromatic nitrogens is 3. The van der Waals surface area contributed by atoms with E-state index < -0.39 is 5.91 Å². The molecule has 2 aromatic rings. The summed E-state index contributed by atoms with van der Waals surface area (Å²) in [6.45, 7) is 0. The van der Waals surface area contributed by atoms with Gasteiger partial charge in [-0.1, -0.05) is 23.2 Å². The maximum atomic E-state index is 11.7. The van der Waals surface area contributed by atoms with Crippen LogP contribution in [0.1, 0.15) is 10.4 Å². The lowest BCUT2D eigenvalue weighted by Crippen LogP contribution is -2.12. The number of nitrogens with zero attached hydrogens (tertiary/aromatic N) is 3. The number of carbonyl (C=O) groups excluding carboxylic acids is 1. The quantitative estimate of drug-likeness (QED) is 0.855. The lowest BCUT2D eigenvalue weighted by molar-refractivity contribution is 0.102. The first-order valence-electron chi connectivity index (χ1n) is 4.06. The third-order valence-electron chi connectivity index (χ3n) is 1.65. The highest BCUT2D eigenvalue weighted by Gasteiger charge is 2.12. The standard InChI is InChI=1S/C8H4Cl2N4OS/c9-5-1-6(10)11-2-4(5)7(15)14-8-12-3-13-16-8/h1-3H,(H,12,13,14,15). The first-order chi connectivity index (χ1) is 7.66. The van der Waals surface area contributed by atoms with Crippen molar-refractivity contribution in [2.24, 2.45) is 0 Å². The SMILES string of the molecule is O=C(Nc1ncns1)c1cnc(Cl)cc1Cl. The fraction of sp³-hybridized carbons (Fsp3) is 0. The molecule has 0 radical (unpaired) electrons. The molecule has 16 heavy (non-hydrogen) atoms. The Morgan fingerprint density at radius 2 is 2.19 bits per heavy atom. The van der Waals surface area contributed by atoms with Gasteiger partial charge in [0.25, 0.3) is 5.91 Å². The smallest absolute Gasteiger partial charge is 0.260 e. The first-order valence-corrected chi connectivity index (χ1v) is 5.59. The maximum absolute atomic E-state index is 11.7. The number of hydrogen-bond donors (Lipinski definition) is 1. The second kappa shape index (κ2) is 4.73. The van der Waals surface area contributed by atoms with Crippen LogP contribution in [-0.2, 0) is 0 Å². The number of anilines is 1. The van der Waals surface area contributed by atoms with Crippen LogP contribution in [0.25, 0.3) is 0 Å². The first kappa shape index (κ1) is 11.3. The summed E-state index contributed by atoms with van der Waals surface area (Å²) in [5.41, 5.74) is 0.237. The molecule has 2 aromatic heterocycles. The molecule has 0 aromatic carbocycles. The average molecular weight is 275 g/mol. The molecule has 0 atom stereocenters. The number of amides is 1. The summed E-state index contributed by atoms with van der Waals surface area (Å²) in [5, 5.41) is 3.41. The van der Waals surface area contributed by atoms with Gasteiger partial charge < -0.3 is 0 Å². The molecule has 0 aliphatic heterocycles. The van der Waals surface area contributed by atoms with Crippen molar-refractivity contribution in [1.29, 1.82) is 0 Å². The zero-order chi connectivity index (χ0) is 11.5. The van der Waals surface area contributed by atoms with Gasteiger partial charge >= 0.3 is 0 Å². The van der Waals surface area contributed by atoms with Gasteiger partial charge in [0.05, 0.1) is 10.6 Å². The molecule has 2 rings (SSSR count). The minimum Gasteiger partial charge on any atom is -0.297 e. The van der Waals surface area contributed by atoms with Gasteiger partial charge in [-0.25, -0.2) is 9.97 Å². The van der Waals surface area contributed by atoms with Crippen molar-refractivity contribution in [3.05, 3.63) is 34.3 Å². The Morgan fingerprint density at radius 1 is 1.38 bits per heavy atom. The minimum atomic E-state index is -0.397. The van der Waals surface area contributed by atoms with Crippen LogP contribution in [-0.4, -0.2) is 20.2 Å². The van der Waals surface area contributed by atoms with Crippen LogP contribution < -0.4 is 5.32 Å². The Bertz CT molecular complexity index is 517. The summed E-state index contributed by atoms with van der Waals surface area (Å²) in [7, 11) is 0. The van der Waals surface area contributed by atoms with Crippen molar-refractivity contribution >= 4 is 45.8 Å². The van der Waals surface area contributed by atoms with Gasteiger partial charge in [-0.05, 0) is 6.07 Å². The highest BCUT2D eigenvalue weighted by Crippen LogP contribution is 2.20.